The van der Waals surface area contributed by atoms with Crippen LogP contribution in [0.25, 0.3) is 0 Å². The molecular formula is C22H27N5O3S2. The van der Waals surface area contributed by atoms with Crippen molar-refractivity contribution in [2.45, 2.75) is 41.2 Å². The maximum absolute atomic E-state index is 13.2. The molecule has 0 radical (unpaired) electrons. The first-order valence-electron chi connectivity index (χ1n) is 9.78. The van der Waals surface area contributed by atoms with Crippen molar-refractivity contribution in [3.8, 4) is 0 Å². The number of aromatic amines is 1. The number of aryl methyl sites for hydroxylation is 1. The van der Waals surface area contributed by atoms with E-state index in [4.69, 9.17) is 18.1 Å². The van der Waals surface area contributed by atoms with Crippen LogP contribution < -0.4 is 21.9 Å². The number of hydrazine groups is 1. The Kier molecular flexibility index (Phi) is 8.64. The summed E-state index contributed by atoms with van der Waals surface area (Å²) in [4.78, 5) is 40.1. The number of rotatable bonds is 7. The van der Waals surface area contributed by atoms with Gasteiger partial charge in [0.2, 0.25) is 5.91 Å². The minimum atomic E-state index is -0.177. The molecule has 10 heteroatoms. The molecule has 0 aliphatic rings. The molecule has 170 valence electrons. The molecule has 0 aromatic carbocycles. The maximum atomic E-state index is 13.2. The van der Waals surface area contributed by atoms with E-state index >= 15 is 0 Å². The lowest BCUT2D eigenvalue weighted by molar-refractivity contribution is -0.118. The Balaban J connectivity index is 2.24. The SMILES string of the molecule is CC(=O)N/C(C)=C/C=C(\C)C(=O)c1c(NC(=S)N(N)Cc2c[nH]ccc2=O)sc(C)c1C. The van der Waals surface area contributed by atoms with E-state index in [0.717, 1.165) is 10.4 Å². The lowest BCUT2D eigenvalue weighted by atomic mass is 10.0. The van der Waals surface area contributed by atoms with Crippen LogP contribution in [-0.2, 0) is 11.3 Å². The third kappa shape index (κ3) is 6.46. The number of carbonyl (C=O) groups excluding carboxylic acids is 2. The summed E-state index contributed by atoms with van der Waals surface area (Å²) >= 11 is 6.81. The fraction of sp³-hybridized carbons (Fsp3) is 0.273. The van der Waals surface area contributed by atoms with Crippen LogP contribution in [0, 0.1) is 13.8 Å². The summed E-state index contributed by atoms with van der Waals surface area (Å²) in [7, 11) is 0. The molecule has 0 atom stereocenters. The Bertz CT molecular complexity index is 1160. The van der Waals surface area contributed by atoms with Gasteiger partial charge in [0.15, 0.2) is 16.3 Å². The number of hydrogen-bond acceptors (Lipinski definition) is 6. The Morgan fingerprint density at radius 3 is 2.56 bits per heavy atom. The third-order valence-electron chi connectivity index (χ3n) is 4.65. The Morgan fingerprint density at radius 2 is 1.94 bits per heavy atom. The van der Waals surface area contributed by atoms with Gasteiger partial charge in [0.05, 0.1) is 12.1 Å². The maximum Gasteiger partial charge on any atom is 0.220 e. The second-order valence-corrected chi connectivity index (χ2v) is 8.90. The molecule has 0 fully saturated rings. The molecule has 8 nitrogen and oxygen atoms in total. The van der Waals surface area contributed by atoms with Gasteiger partial charge in [-0.05, 0) is 57.1 Å². The lowest BCUT2D eigenvalue weighted by Gasteiger charge is -2.20. The summed E-state index contributed by atoms with van der Waals surface area (Å²) in [6, 6.07) is 1.42. The second-order valence-electron chi connectivity index (χ2n) is 7.29. The van der Waals surface area contributed by atoms with Gasteiger partial charge in [-0.1, -0.05) is 6.08 Å². The molecule has 2 aromatic rings. The van der Waals surface area contributed by atoms with E-state index in [9.17, 15) is 14.4 Å². The van der Waals surface area contributed by atoms with Gasteiger partial charge in [-0.25, -0.2) is 5.84 Å². The third-order valence-corrected chi connectivity index (χ3v) is 6.11. The number of thiophene rings is 1. The number of thiocarbonyl (C=S) groups is 1. The number of allylic oxidation sites excluding steroid dienone is 4. The highest BCUT2D eigenvalue weighted by Crippen LogP contribution is 2.34. The van der Waals surface area contributed by atoms with E-state index in [1.807, 2.05) is 13.8 Å². The highest BCUT2D eigenvalue weighted by Gasteiger charge is 2.22. The topological polar surface area (TPSA) is 120 Å². The normalized spacial score (nSPS) is 11.8. The molecular weight excluding hydrogens is 446 g/mol. The number of ketones is 1. The zero-order chi connectivity index (χ0) is 24.0. The summed E-state index contributed by atoms with van der Waals surface area (Å²) in [6.07, 6.45) is 6.46. The first-order chi connectivity index (χ1) is 15.0. The van der Waals surface area contributed by atoms with E-state index < -0.39 is 0 Å². The molecule has 2 heterocycles. The van der Waals surface area contributed by atoms with Crippen molar-refractivity contribution in [1.29, 1.82) is 0 Å². The summed E-state index contributed by atoms with van der Waals surface area (Å²) in [5, 5.41) is 7.74. The number of carbonyl (C=O) groups is 2. The fourth-order valence-electron chi connectivity index (χ4n) is 2.83. The number of H-pyrrole nitrogens is 1. The molecule has 0 aliphatic carbocycles. The highest BCUT2D eigenvalue weighted by molar-refractivity contribution is 7.80. The van der Waals surface area contributed by atoms with E-state index in [1.165, 1.54) is 29.3 Å². The molecule has 2 rings (SSSR count). The first-order valence-corrected chi connectivity index (χ1v) is 11.0. The summed E-state index contributed by atoms with van der Waals surface area (Å²) in [6.45, 7) is 8.80. The molecule has 5 N–H and O–H groups in total. The average Bonchev–Trinajstić information content (AvgIpc) is 2.99. The first kappa shape index (κ1) is 25.2. The van der Waals surface area contributed by atoms with Crippen molar-refractivity contribution in [2.75, 3.05) is 5.32 Å². The number of aromatic nitrogens is 1. The van der Waals surface area contributed by atoms with Crippen LogP contribution in [0.4, 0.5) is 5.00 Å². The van der Waals surface area contributed by atoms with Crippen molar-refractivity contribution < 1.29 is 9.59 Å². The number of Topliss-reactive ketones (excluding diaryl/α,β-unsaturated/α-hetero) is 1. The van der Waals surface area contributed by atoms with Gasteiger partial charge >= 0.3 is 0 Å². The van der Waals surface area contributed by atoms with Crippen LogP contribution >= 0.6 is 23.6 Å². The zero-order valence-electron chi connectivity index (χ0n) is 18.7. The molecule has 0 spiro atoms. The van der Waals surface area contributed by atoms with Gasteiger partial charge in [-0.15, -0.1) is 11.3 Å². The monoisotopic (exact) mass is 473 g/mol. The van der Waals surface area contributed by atoms with Crippen molar-refractivity contribution in [1.82, 2.24) is 15.3 Å². The molecule has 2 aromatic heterocycles. The van der Waals surface area contributed by atoms with Crippen molar-refractivity contribution >= 4 is 45.4 Å². The Labute approximate surface area is 196 Å². The zero-order valence-corrected chi connectivity index (χ0v) is 20.3. The summed E-state index contributed by atoms with van der Waals surface area (Å²) in [5.41, 5.74) is 2.82. The van der Waals surface area contributed by atoms with Crippen LogP contribution in [0.5, 0.6) is 0 Å². The standard InChI is InChI=1S/C22H27N5O3S2/c1-12(6-7-13(2)25-16(5)28)20(30)19-14(3)15(4)32-21(19)26-22(31)27(23)11-17-10-24-9-8-18(17)29/h6-10H,11,23H2,1-5H3,(H,24,29)(H,25,28)(H,26,31)/b12-6+,13-7+. The number of hydrogen-bond donors (Lipinski definition) is 4. The van der Waals surface area contributed by atoms with Gasteiger partial charge in [0.25, 0.3) is 0 Å². The number of nitrogens with zero attached hydrogens (tertiary/aromatic N) is 1. The lowest BCUT2D eigenvalue weighted by Crippen LogP contribution is -2.40. The van der Waals surface area contributed by atoms with Crippen LogP contribution in [0.2, 0.25) is 0 Å². The molecule has 1 amide bonds. The van der Waals surface area contributed by atoms with Gasteiger partial charge in [0, 0.05) is 41.5 Å². The minimum absolute atomic E-state index is 0.112. The smallest absolute Gasteiger partial charge is 0.220 e. The average molecular weight is 474 g/mol. The number of pyridine rings is 1. The minimum Gasteiger partial charge on any atom is -0.367 e. The van der Waals surface area contributed by atoms with Crippen LogP contribution in [-0.4, -0.2) is 26.8 Å². The van der Waals surface area contributed by atoms with E-state index in [1.54, 1.807) is 38.4 Å². The van der Waals surface area contributed by atoms with E-state index in [2.05, 4.69) is 15.6 Å². The Morgan fingerprint density at radius 1 is 1.25 bits per heavy atom. The van der Waals surface area contributed by atoms with Gasteiger partial charge in [-0.3, -0.25) is 19.4 Å². The number of amides is 1. The predicted molar refractivity (Wildman–Crippen MR) is 132 cm³/mol. The number of nitrogens with two attached hydrogens (primary N) is 1. The van der Waals surface area contributed by atoms with Crippen LogP contribution in [0.1, 0.15) is 47.1 Å². The van der Waals surface area contributed by atoms with Crippen LogP contribution in [0.15, 0.2) is 46.7 Å². The summed E-state index contributed by atoms with van der Waals surface area (Å²) < 4.78 is 0. The fourth-order valence-corrected chi connectivity index (χ4v) is 4.12. The molecule has 0 bridgehead atoms. The van der Waals surface area contributed by atoms with Gasteiger partial charge < -0.3 is 15.6 Å². The van der Waals surface area contributed by atoms with Gasteiger partial charge in [-0.2, -0.15) is 0 Å². The van der Waals surface area contributed by atoms with Gasteiger partial charge in [0.1, 0.15) is 5.00 Å². The summed E-state index contributed by atoms with van der Waals surface area (Å²) in [5.74, 6) is 5.72. The second kappa shape index (κ2) is 11.0. The largest absolute Gasteiger partial charge is 0.367 e. The van der Waals surface area contributed by atoms with E-state index in [0.29, 0.717) is 27.4 Å². The predicted octanol–water partition coefficient (Wildman–Crippen LogP) is 3.29. The van der Waals surface area contributed by atoms with Crippen molar-refractivity contribution in [2.24, 2.45) is 5.84 Å². The number of nitrogens with one attached hydrogen (secondary N) is 3. The van der Waals surface area contributed by atoms with Crippen LogP contribution in [0.3, 0.4) is 0 Å². The van der Waals surface area contributed by atoms with E-state index in [-0.39, 0.29) is 28.8 Å². The highest BCUT2D eigenvalue weighted by atomic mass is 32.1. The van der Waals surface area contributed by atoms with Crippen molar-refractivity contribution in [3.63, 3.8) is 0 Å². The molecule has 32 heavy (non-hydrogen) atoms. The van der Waals surface area contributed by atoms with Crippen molar-refractivity contribution in [3.05, 3.63) is 73.7 Å². The molecule has 0 saturated heterocycles. The molecule has 0 aliphatic heterocycles. The molecule has 0 saturated carbocycles. The Hall–Kier alpha value is -3.08. The number of anilines is 1. The quantitative estimate of drug-likeness (QED) is 0.122. The molecule has 0 unspecified atom stereocenters.